The van der Waals surface area contributed by atoms with Crippen LogP contribution in [0.5, 0.6) is 5.75 Å². The Bertz CT molecular complexity index is 642. The molecule has 0 heterocycles. The van der Waals surface area contributed by atoms with Crippen LogP contribution >= 0.6 is 12.4 Å². The molecule has 23 heavy (non-hydrogen) atoms. The van der Waals surface area contributed by atoms with E-state index in [0.717, 1.165) is 25.3 Å². The second-order valence-electron chi connectivity index (χ2n) is 5.91. The van der Waals surface area contributed by atoms with Gasteiger partial charge in [0, 0.05) is 18.2 Å². The van der Waals surface area contributed by atoms with E-state index in [4.69, 9.17) is 10.5 Å². The van der Waals surface area contributed by atoms with Crippen molar-refractivity contribution in [1.82, 2.24) is 4.72 Å². The number of rotatable bonds is 5. The highest BCUT2D eigenvalue weighted by molar-refractivity contribution is 7.89. The van der Waals surface area contributed by atoms with Gasteiger partial charge in [-0.2, -0.15) is 0 Å². The summed E-state index contributed by atoms with van der Waals surface area (Å²) >= 11 is 0. The van der Waals surface area contributed by atoms with Crippen LogP contribution in [0.25, 0.3) is 0 Å². The summed E-state index contributed by atoms with van der Waals surface area (Å²) in [5, 5.41) is 0. The number of benzene rings is 1. The maximum atomic E-state index is 13.5. The van der Waals surface area contributed by atoms with Crippen LogP contribution in [0.4, 0.5) is 4.39 Å². The number of nitrogens with one attached hydrogen (secondary N) is 1. The molecule has 1 aliphatic rings. The number of halogens is 2. The van der Waals surface area contributed by atoms with Crippen molar-refractivity contribution in [3.63, 3.8) is 0 Å². The number of ether oxygens (including phenoxy) is 1. The first kappa shape index (κ1) is 20.2. The highest BCUT2D eigenvalue weighted by atomic mass is 35.5. The molecule has 0 aromatic heterocycles. The molecule has 5 nitrogen and oxygen atoms in total. The lowest BCUT2D eigenvalue weighted by Gasteiger charge is -2.42. The van der Waals surface area contributed by atoms with E-state index in [0.29, 0.717) is 6.42 Å². The van der Waals surface area contributed by atoms with Crippen LogP contribution in [0.2, 0.25) is 0 Å². The molecule has 2 unspecified atom stereocenters. The maximum Gasteiger partial charge on any atom is 0.241 e. The van der Waals surface area contributed by atoms with Gasteiger partial charge in [-0.15, -0.1) is 12.4 Å². The third-order valence-corrected chi connectivity index (χ3v) is 6.14. The van der Waals surface area contributed by atoms with E-state index < -0.39 is 21.4 Å². The Kier molecular flexibility index (Phi) is 6.82. The van der Waals surface area contributed by atoms with Crippen LogP contribution in [0.3, 0.4) is 0 Å². The van der Waals surface area contributed by atoms with Gasteiger partial charge in [-0.3, -0.25) is 0 Å². The first-order valence-electron chi connectivity index (χ1n) is 7.42. The van der Waals surface area contributed by atoms with Crippen molar-refractivity contribution in [2.75, 3.05) is 13.7 Å². The topological polar surface area (TPSA) is 81.4 Å². The quantitative estimate of drug-likeness (QED) is 0.838. The molecule has 1 aliphatic carbocycles. The minimum Gasteiger partial charge on any atom is -0.494 e. The molecule has 0 saturated heterocycles. The molecule has 0 amide bonds. The van der Waals surface area contributed by atoms with Crippen molar-refractivity contribution in [3.8, 4) is 5.75 Å². The van der Waals surface area contributed by atoms with Gasteiger partial charge >= 0.3 is 0 Å². The predicted octanol–water partition coefficient (Wildman–Crippen LogP) is 2.44. The predicted molar refractivity (Wildman–Crippen MR) is 89.9 cm³/mol. The summed E-state index contributed by atoms with van der Waals surface area (Å²) in [5.41, 5.74) is 5.24. The zero-order valence-electron chi connectivity index (χ0n) is 13.3. The van der Waals surface area contributed by atoms with Crippen molar-refractivity contribution in [2.24, 2.45) is 11.7 Å². The molecule has 2 atom stereocenters. The summed E-state index contributed by atoms with van der Waals surface area (Å²) in [6.07, 6.45) is 3.67. The first-order chi connectivity index (χ1) is 10.3. The smallest absolute Gasteiger partial charge is 0.241 e. The standard InChI is InChI=1S/C15H23FN2O3S.ClH/c1-11-5-3-4-8-15(11,10-17)18-22(19,20)12-6-7-13(16)14(9-12)21-2;/h6-7,9,11,18H,3-5,8,10,17H2,1-2H3;1H. The molecule has 3 N–H and O–H groups in total. The van der Waals surface area contributed by atoms with E-state index in [-0.39, 0.29) is 35.5 Å². The lowest BCUT2D eigenvalue weighted by molar-refractivity contribution is 0.191. The largest absolute Gasteiger partial charge is 0.494 e. The number of nitrogens with two attached hydrogens (primary N) is 1. The number of hydrogen-bond acceptors (Lipinski definition) is 4. The molecular formula is C15H24ClFN2O3S. The third kappa shape index (κ3) is 4.15. The monoisotopic (exact) mass is 366 g/mol. The minimum atomic E-state index is -3.79. The van der Waals surface area contributed by atoms with Crippen LogP contribution in [0.1, 0.15) is 32.6 Å². The van der Waals surface area contributed by atoms with Gasteiger partial charge in [-0.05, 0) is 30.9 Å². The number of hydrogen-bond donors (Lipinski definition) is 2. The van der Waals surface area contributed by atoms with Crippen molar-refractivity contribution in [1.29, 1.82) is 0 Å². The second-order valence-corrected chi connectivity index (χ2v) is 7.59. The van der Waals surface area contributed by atoms with E-state index >= 15 is 0 Å². The van der Waals surface area contributed by atoms with Crippen molar-refractivity contribution in [2.45, 2.75) is 43.0 Å². The fourth-order valence-electron chi connectivity index (χ4n) is 3.04. The van der Waals surface area contributed by atoms with Gasteiger partial charge in [0.05, 0.1) is 12.0 Å². The third-order valence-electron chi connectivity index (χ3n) is 4.59. The maximum absolute atomic E-state index is 13.5. The van der Waals surface area contributed by atoms with E-state index in [2.05, 4.69) is 4.72 Å². The second kappa shape index (κ2) is 7.79. The molecule has 2 rings (SSSR count). The van der Waals surface area contributed by atoms with Crippen molar-refractivity contribution < 1.29 is 17.5 Å². The molecule has 1 aromatic rings. The minimum absolute atomic E-state index is 0. The van der Waals surface area contributed by atoms with E-state index in [1.54, 1.807) is 0 Å². The summed E-state index contributed by atoms with van der Waals surface area (Å²) < 4.78 is 46.4. The molecule has 1 saturated carbocycles. The summed E-state index contributed by atoms with van der Waals surface area (Å²) in [4.78, 5) is -0.0173. The number of sulfonamides is 1. The molecule has 1 fully saturated rings. The van der Waals surface area contributed by atoms with Gasteiger partial charge in [0.1, 0.15) is 0 Å². The Morgan fingerprint density at radius 2 is 2.13 bits per heavy atom. The molecule has 0 radical (unpaired) electrons. The Morgan fingerprint density at radius 1 is 1.43 bits per heavy atom. The molecule has 0 aliphatic heterocycles. The highest BCUT2D eigenvalue weighted by Crippen LogP contribution is 2.34. The van der Waals surface area contributed by atoms with Crippen LogP contribution in [0, 0.1) is 11.7 Å². The van der Waals surface area contributed by atoms with Gasteiger partial charge in [-0.25, -0.2) is 17.5 Å². The number of methoxy groups -OCH3 is 1. The van der Waals surface area contributed by atoms with Gasteiger partial charge in [-0.1, -0.05) is 19.8 Å². The Labute approximate surface area is 143 Å². The van der Waals surface area contributed by atoms with E-state index in [1.165, 1.54) is 19.2 Å². The van der Waals surface area contributed by atoms with E-state index in [1.807, 2.05) is 6.92 Å². The fraction of sp³-hybridized carbons (Fsp3) is 0.600. The van der Waals surface area contributed by atoms with E-state index in [9.17, 15) is 12.8 Å². The van der Waals surface area contributed by atoms with Gasteiger partial charge in [0.25, 0.3) is 0 Å². The van der Waals surface area contributed by atoms with Gasteiger partial charge < -0.3 is 10.5 Å². The molecule has 8 heteroatoms. The molecular weight excluding hydrogens is 343 g/mol. The summed E-state index contributed by atoms with van der Waals surface area (Å²) in [6, 6.07) is 3.51. The lowest BCUT2D eigenvalue weighted by atomic mass is 9.74. The van der Waals surface area contributed by atoms with Crippen LogP contribution in [-0.2, 0) is 10.0 Å². The average molecular weight is 367 g/mol. The molecule has 0 spiro atoms. The van der Waals surface area contributed by atoms with Crippen LogP contribution < -0.4 is 15.2 Å². The van der Waals surface area contributed by atoms with Crippen LogP contribution in [-0.4, -0.2) is 27.6 Å². The average Bonchev–Trinajstić information content (AvgIpc) is 2.49. The van der Waals surface area contributed by atoms with Crippen LogP contribution in [0.15, 0.2) is 23.1 Å². The Balaban J connectivity index is 0.00000264. The first-order valence-corrected chi connectivity index (χ1v) is 8.90. The van der Waals surface area contributed by atoms with Gasteiger partial charge in [0.2, 0.25) is 10.0 Å². The summed E-state index contributed by atoms with van der Waals surface area (Å²) in [7, 11) is -2.49. The zero-order valence-corrected chi connectivity index (χ0v) is 15.0. The van der Waals surface area contributed by atoms with Crippen molar-refractivity contribution in [3.05, 3.63) is 24.0 Å². The molecule has 132 valence electrons. The lowest BCUT2D eigenvalue weighted by Crippen LogP contribution is -2.58. The molecule has 1 aromatic carbocycles. The van der Waals surface area contributed by atoms with Crippen molar-refractivity contribution >= 4 is 22.4 Å². The Morgan fingerprint density at radius 3 is 2.70 bits per heavy atom. The zero-order chi connectivity index (χ0) is 16.4. The summed E-state index contributed by atoms with van der Waals surface area (Å²) in [6.45, 7) is 2.26. The highest BCUT2D eigenvalue weighted by Gasteiger charge is 2.40. The normalized spacial score (nSPS) is 24.8. The summed E-state index contributed by atoms with van der Waals surface area (Å²) in [5.74, 6) is -0.536. The SMILES string of the molecule is COc1cc(S(=O)(=O)NC2(CN)CCCCC2C)ccc1F.Cl. The van der Waals surface area contributed by atoms with Gasteiger partial charge in [0.15, 0.2) is 11.6 Å². The molecule has 0 bridgehead atoms. The fourth-order valence-corrected chi connectivity index (χ4v) is 4.59. The Hall–Kier alpha value is -0.890.